The lowest BCUT2D eigenvalue weighted by atomic mass is 10.1. The van der Waals surface area contributed by atoms with Gasteiger partial charge in [-0.25, -0.2) is 13.4 Å². The smallest absolute Gasteiger partial charge is 0.273 e. The number of aromatic amines is 1. The van der Waals surface area contributed by atoms with Crippen LogP contribution in [0.5, 0.6) is 0 Å². The maximum Gasteiger partial charge on any atom is 0.273 e. The van der Waals surface area contributed by atoms with Crippen molar-refractivity contribution in [2.45, 2.75) is 11.1 Å². The summed E-state index contributed by atoms with van der Waals surface area (Å²) >= 11 is 1.14. The zero-order chi connectivity index (χ0) is 14.9. The van der Waals surface area contributed by atoms with Gasteiger partial charge in [-0.2, -0.15) is 5.10 Å². The van der Waals surface area contributed by atoms with Crippen molar-refractivity contribution in [3.05, 3.63) is 47.7 Å². The summed E-state index contributed by atoms with van der Waals surface area (Å²) in [5, 5.41) is 7.44. The summed E-state index contributed by atoms with van der Waals surface area (Å²) in [7, 11) is -3.60. The number of nitrogens with one attached hydrogen (secondary N) is 2. The van der Waals surface area contributed by atoms with E-state index in [0.29, 0.717) is 10.7 Å². The molecule has 6 nitrogen and oxygen atoms in total. The number of hydrogen-bond acceptors (Lipinski definition) is 5. The molecule has 1 aromatic carbocycles. The van der Waals surface area contributed by atoms with Crippen LogP contribution in [0.3, 0.4) is 0 Å². The summed E-state index contributed by atoms with van der Waals surface area (Å²) in [6.45, 7) is 1.77. The Morgan fingerprint density at radius 2 is 2.14 bits per heavy atom. The molecule has 0 aliphatic heterocycles. The van der Waals surface area contributed by atoms with E-state index < -0.39 is 10.0 Å². The summed E-state index contributed by atoms with van der Waals surface area (Å²) in [6, 6.07) is 8.93. The van der Waals surface area contributed by atoms with Gasteiger partial charge < -0.3 is 0 Å². The Labute approximate surface area is 125 Å². The predicted molar refractivity (Wildman–Crippen MR) is 81.7 cm³/mol. The van der Waals surface area contributed by atoms with E-state index in [4.69, 9.17) is 0 Å². The van der Waals surface area contributed by atoms with Gasteiger partial charge in [0.2, 0.25) is 0 Å². The van der Waals surface area contributed by atoms with Crippen molar-refractivity contribution in [2.24, 2.45) is 0 Å². The van der Waals surface area contributed by atoms with Crippen LogP contribution >= 0.6 is 11.3 Å². The molecule has 0 amide bonds. The average molecular weight is 320 g/mol. The molecule has 0 spiro atoms. The molecule has 2 N–H and O–H groups in total. The zero-order valence-electron chi connectivity index (χ0n) is 11.1. The molecule has 108 valence electrons. The molecular formula is C13H12N4O2S2. The number of thiazole rings is 1. The molecule has 0 aliphatic carbocycles. The molecule has 0 fully saturated rings. The lowest BCUT2D eigenvalue weighted by molar-refractivity contribution is 0.603. The van der Waals surface area contributed by atoms with Crippen molar-refractivity contribution in [3.63, 3.8) is 0 Å². The molecule has 3 aromatic rings. The minimum atomic E-state index is -3.60. The van der Waals surface area contributed by atoms with Crippen LogP contribution in [0.15, 0.2) is 46.9 Å². The maximum absolute atomic E-state index is 12.3. The molecule has 21 heavy (non-hydrogen) atoms. The lowest BCUT2D eigenvalue weighted by Gasteiger charge is -2.07. The highest BCUT2D eigenvalue weighted by atomic mass is 32.2. The molecule has 0 unspecified atom stereocenters. The van der Waals surface area contributed by atoms with Crippen LogP contribution in [0, 0.1) is 6.92 Å². The fraction of sp³-hybridized carbons (Fsp3) is 0.0769. The van der Waals surface area contributed by atoms with Gasteiger partial charge in [-0.3, -0.25) is 9.82 Å². The number of nitrogens with zero attached hydrogens (tertiary/aromatic N) is 2. The third kappa shape index (κ3) is 2.96. The van der Waals surface area contributed by atoms with E-state index in [1.807, 2.05) is 12.1 Å². The fourth-order valence-corrected chi connectivity index (χ4v) is 4.00. The van der Waals surface area contributed by atoms with Gasteiger partial charge in [-0.05, 0) is 25.1 Å². The zero-order valence-corrected chi connectivity index (χ0v) is 12.7. The quantitative estimate of drug-likeness (QED) is 0.773. The number of rotatable bonds is 4. The van der Waals surface area contributed by atoms with Crippen LogP contribution in [-0.4, -0.2) is 23.6 Å². The first-order valence-corrected chi connectivity index (χ1v) is 8.40. The molecule has 0 atom stereocenters. The second-order valence-electron chi connectivity index (χ2n) is 4.35. The molecule has 0 saturated heterocycles. The van der Waals surface area contributed by atoms with Gasteiger partial charge in [0.1, 0.15) is 0 Å². The minimum Gasteiger partial charge on any atom is -0.279 e. The van der Waals surface area contributed by atoms with Gasteiger partial charge in [0.25, 0.3) is 10.0 Å². The third-order valence-electron chi connectivity index (χ3n) is 2.79. The number of sulfonamides is 1. The van der Waals surface area contributed by atoms with Crippen LogP contribution in [0.1, 0.15) is 5.01 Å². The highest BCUT2D eigenvalue weighted by Gasteiger charge is 2.17. The molecule has 2 heterocycles. The lowest BCUT2D eigenvalue weighted by Crippen LogP contribution is -2.11. The number of anilines is 1. The second kappa shape index (κ2) is 5.30. The Bertz CT molecular complexity index is 854. The van der Waals surface area contributed by atoms with E-state index in [1.54, 1.807) is 31.3 Å². The average Bonchev–Trinajstić information content (AvgIpc) is 3.09. The number of hydrogen-bond donors (Lipinski definition) is 2. The molecule has 0 aliphatic rings. The van der Waals surface area contributed by atoms with Gasteiger partial charge in [0.05, 0.1) is 16.9 Å². The van der Waals surface area contributed by atoms with Crippen molar-refractivity contribution < 1.29 is 8.42 Å². The van der Waals surface area contributed by atoms with E-state index in [0.717, 1.165) is 22.6 Å². The van der Waals surface area contributed by atoms with Crippen LogP contribution in [0.2, 0.25) is 0 Å². The van der Waals surface area contributed by atoms with E-state index in [-0.39, 0.29) is 4.21 Å². The van der Waals surface area contributed by atoms with E-state index in [9.17, 15) is 8.42 Å². The molecule has 0 saturated carbocycles. The van der Waals surface area contributed by atoms with Gasteiger partial charge in [-0.1, -0.05) is 12.1 Å². The standard InChI is InChI=1S/C13H12N4O2S2/c1-9-14-8-13(20-9)21(18,19)17-11-4-2-3-10(7-11)12-5-6-15-16-12/h2-8,17H,1H3,(H,15,16). The monoisotopic (exact) mass is 320 g/mol. The Morgan fingerprint density at radius 1 is 1.29 bits per heavy atom. The number of aromatic nitrogens is 3. The predicted octanol–water partition coefficient (Wildman–Crippen LogP) is 2.64. The SMILES string of the molecule is Cc1ncc(S(=O)(=O)Nc2cccc(-c3ccn[nH]3)c2)s1. The van der Waals surface area contributed by atoms with Crippen molar-refractivity contribution in [3.8, 4) is 11.3 Å². The molecule has 2 aromatic heterocycles. The first-order valence-electron chi connectivity index (χ1n) is 6.10. The van der Waals surface area contributed by atoms with Crippen LogP contribution < -0.4 is 4.72 Å². The third-order valence-corrected chi connectivity index (χ3v) is 5.55. The van der Waals surface area contributed by atoms with Crippen molar-refractivity contribution >= 4 is 27.0 Å². The number of benzene rings is 1. The first kappa shape index (κ1) is 13.8. The van der Waals surface area contributed by atoms with Crippen LogP contribution in [0.25, 0.3) is 11.3 Å². The normalized spacial score (nSPS) is 11.5. The number of H-pyrrole nitrogens is 1. The minimum absolute atomic E-state index is 0.201. The summed E-state index contributed by atoms with van der Waals surface area (Å²) in [4.78, 5) is 3.97. The van der Waals surface area contributed by atoms with E-state index in [2.05, 4.69) is 19.9 Å². The van der Waals surface area contributed by atoms with Crippen LogP contribution in [0.4, 0.5) is 5.69 Å². The Balaban J connectivity index is 1.90. The summed E-state index contributed by atoms with van der Waals surface area (Å²) in [6.07, 6.45) is 3.01. The molecule has 8 heteroatoms. The highest BCUT2D eigenvalue weighted by Crippen LogP contribution is 2.24. The maximum atomic E-state index is 12.3. The highest BCUT2D eigenvalue weighted by molar-refractivity contribution is 7.94. The Hall–Kier alpha value is -2.19. The Kier molecular flexibility index (Phi) is 3.48. The molecule has 0 bridgehead atoms. The largest absolute Gasteiger partial charge is 0.279 e. The second-order valence-corrected chi connectivity index (χ2v) is 7.50. The molecular weight excluding hydrogens is 308 g/mol. The van der Waals surface area contributed by atoms with E-state index >= 15 is 0 Å². The van der Waals surface area contributed by atoms with Crippen molar-refractivity contribution in [2.75, 3.05) is 4.72 Å². The molecule has 3 rings (SSSR count). The van der Waals surface area contributed by atoms with Crippen molar-refractivity contribution in [1.29, 1.82) is 0 Å². The van der Waals surface area contributed by atoms with Crippen LogP contribution in [-0.2, 0) is 10.0 Å². The summed E-state index contributed by atoms with van der Waals surface area (Å²) in [5.41, 5.74) is 2.17. The Morgan fingerprint density at radius 3 is 2.81 bits per heavy atom. The molecule has 0 radical (unpaired) electrons. The van der Waals surface area contributed by atoms with Gasteiger partial charge in [0, 0.05) is 17.4 Å². The topological polar surface area (TPSA) is 87.7 Å². The van der Waals surface area contributed by atoms with Crippen molar-refractivity contribution in [1.82, 2.24) is 15.2 Å². The summed E-state index contributed by atoms with van der Waals surface area (Å²) < 4.78 is 27.3. The van der Waals surface area contributed by atoms with Gasteiger partial charge >= 0.3 is 0 Å². The van der Waals surface area contributed by atoms with E-state index in [1.165, 1.54) is 6.20 Å². The van der Waals surface area contributed by atoms with Gasteiger partial charge in [0.15, 0.2) is 4.21 Å². The number of aryl methyl sites for hydroxylation is 1. The summed E-state index contributed by atoms with van der Waals surface area (Å²) in [5.74, 6) is 0. The first-order chi connectivity index (χ1) is 10.0. The fourth-order valence-electron chi connectivity index (χ4n) is 1.84. The van der Waals surface area contributed by atoms with Gasteiger partial charge in [-0.15, -0.1) is 11.3 Å².